The third-order valence-electron chi connectivity index (χ3n) is 5.09. The number of ether oxygens (including phenoxy) is 2. The molecule has 0 bridgehead atoms. The van der Waals surface area contributed by atoms with Gasteiger partial charge in [-0.1, -0.05) is 75.7 Å². The standard InChI is InChI=1S/C28H24BrNO4S/c1-3-33-28(32)25-26(31)24(35-27(25)30-22-10-5-4-6-11-22)16-20-15-21(29)12-13-23(20)34-17-19-9-7-8-18(2)14-19/h4-16,31H,3,17H2,1-2H3/b24-16-,30-27?. The molecule has 0 atom stereocenters. The van der Waals surface area contributed by atoms with Gasteiger partial charge in [0.15, 0.2) is 0 Å². The van der Waals surface area contributed by atoms with Crippen molar-refractivity contribution in [2.24, 2.45) is 4.99 Å². The van der Waals surface area contributed by atoms with Crippen molar-refractivity contribution in [3.05, 3.63) is 110 Å². The van der Waals surface area contributed by atoms with Crippen LogP contribution in [0, 0.1) is 6.92 Å². The van der Waals surface area contributed by atoms with E-state index < -0.39 is 5.97 Å². The lowest BCUT2D eigenvalue weighted by Crippen LogP contribution is -2.12. The number of benzene rings is 3. The number of thioether (sulfide) groups is 1. The highest BCUT2D eigenvalue weighted by molar-refractivity contribution is 9.10. The highest BCUT2D eigenvalue weighted by Crippen LogP contribution is 2.41. The minimum Gasteiger partial charge on any atom is -0.506 e. The van der Waals surface area contributed by atoms with Gasteiger partial charge in [-0.3, -0.25) is 0 Å². The van der Waals surface area contributed by atoms with E-state index in [-0.39, 0.29) is 17.9 Å². The normalized spacial score (nSPS) is 15.6. The van der Waals surface area contributed by atoms with Crippen LogP contribution >= 0.6 is 27.7 Å². The van der Waals surface area contributed by atoms with Crippen molar-refractivity contribution in [1.82, 2.24) is 0 Å². The molecule has 3 aromatic carbocycles. The maximum absolute atomic E-state index is 12.7. The maximum atomic E-state index is 12.7. The molecule has 178 valence electrons. The highest BCUT2D eigenvalue weighted by atomic mass is 79.9. The zero-order chi connectivity index (χ0) is 24.8. The van der Waals surface area contributed by atoms with E-state index in [1.54, 1.807) is 13.0 Å². The molecule has 0 saturated heterocycles. The molecule has 35 heavy (non-hydrogen) atoms. The fourth-order valence-corrected chi connectivity index (χ4v) is 4.88. The number of hydrogen-bond donors (Lipinski definition) is 1. The molecule has 1 aliphatic rings. The molecule has 0 saturated carbocycles. The number of esters is 1. The molecule has 1 aliphatic heterocycles. The van der Waals surface area contributed by atoms with Crippen molar-refractivity contribution in [3.8, 4) is 5.75 Å². The lowest BCUT2D eigenvalue weighted by Gasteiger charge is -2.11. The van der Waals surface area contributed by atoms with Gasteiger partial charge >= 0.3 is 5.97 Å². The van der Waals surface area contributed by atoms with Gasteiger partial charge in [-0.15, -0.1) is 0 Å². The Morgan fingerprint density at radius 2 is 1.89 bits per heavy atom. The van der Waals surface area contributed by atoms with Gasteiger partial charge in [0.2, 0.25) is 0 Å². The number of aliphatic imine (C=N–C) groups is 1. The predicted octanol–water partition coefficient (Wildman–Crippen LogP) is 7.53. The molecular weight excluding hydrogens is 526 g/mol. The Kier molecular flexibility index (Phi) is 8.10. The molecule has 0 unspecified atom stereocenters. The van der Waals surface area contributed by atoms with Crippen LogP contribution in [0.5, 0.6) is 5.75 Å². The number of rotatable bonds is 7. The third kappa shape index (κ3) is 6.24. The van der Waals surface area contributed by atoms with Gasteiger partial charge in [0.05, 0.1) is 17.2 Å². The van der Waals surface area contributed by atoms with E-state index in [0.717, 1.165) is 15.6 Å². The van der Waals surface area contributed by atoms with Crippen LogP contribution in [-0.2, 0) is 16.1 Å². The maximum Gasteiger partial charge on any atom is 0.344 e. The summed E-state index contributed by atoms with van der Waals surface area (Å²) in [5.41, 5.74) is 3.72. The summed E-state index contributed by atoms with van der Waals surface area (Å²) >= 11 is 4.73. The topological polar surface area (TPSA) is 68.1 Å². The zero-order valence-electron chi connectivity index (χ0n) is 19.3. The van der Waals surface area contributed by atoms with E-state index in [2.05, 4.69) is 27.0 Å². The van der Waals surface area contributed by atoms with Gasteiger partial charge in [-0.25, -0.2) is 9.79 Å². The van der Waals surface area contributed by atoms with Crippen LogP contribution in [0.4, 0.5) is 5.69 Å². The first kappa shape index (κ1) is 24.8. The van der Waals surface area contributed by atoms with Crippen LogP contribution in [0.25, 0.3) is 6.08 Å². The number of halogens is 1. The van der Waals surface area contributed by atoms with Crippen molar-refractivity contribution >= 4 is 50.5 Å². The molecule has 7 heteroatoms. The minimum atomic E-state index is -0.610. The number of aryl methyl sites for hydroxylation is 1. The van der Waals surface area contributed by atoms with Crippen molar-refractivity contribution in [3.63, 3.8) is 0 Å². The van der Waals surface area contributed by atoms with Crippen LogP contribution in [0.1, 0.15) is 23.6 Å². The number of para-hydroxylation sites is 1. The fourth-order valence-electron chi connectivity index (χ4n) is 3.48. The Balaban J connectivity index is 1.69. The van der Waals surface area contributed by atoms with Gasteiger partial charge in [-0.05, 0) is 55.8 Å². The summed E-state index contributed by atoms with van der Waals surface area (Å²) < 4.78 is 12.2. The lowest BCUT2D eigenvalue weighted by atomic mass is 10.1. The van der Waals surface area contributed by atoms with Gasteiger partial charge in [0.1, 0.15) is 28.7 Å². The zero-order valence-corrected chi connectivity index (χ0v) is 21.7. The number of carbonyl (C=O) groups is 1. The molecule has 4 rings (SSSR count). The van der Waals surface area contributed by atoms with E-state index in [1.807, 2.05) is 73.7 Å². The summed E-state index contributed by atoms with van der Waals surface area (Å²) in [6.45, 7) is 4.37. The lowest BCUT2D eigenvalue weighted by molar-refractivity contribution is -0.138. The summed E-state index contributed by atoms with van der Waals surface area (Å²) in [6, 6.07) is 23.1. The second-order valence-corrected chi connectivity index (χ2v) is 9.71. The van der Waals surface area contributed by atoms with Crippen molar-refractivity contribution < 1.29 is 19.4 Å². The third-order valence-corrected chi connectivity index (χ3v) is 6.61. The number of nitrogens with zero attached hydrogens (tertiary/aromatic N) is 1. The molecule has 0 fully saturated rings. The second-order valence-electron chi connectivity index (χ2n) is 7.77. The number of aliphatic hydroxyl groups is 1. The van der Waals surface area contributed by atoms with Gasteiger partial charge < -0.3 is 14.6 Å². The summed E-state index contributed by atoms with van der Waals surface area (Å²) in [7, 11) is 0. The van der Waals surface area contributed by atoms with Gasteiger partial charge in [-0.2, -0.15) is 0 Å². The molecule has 3 aromatic rings. The first-order valence-electron chi connectivity index (χ1n) is 11.1. The predicted molar refractivity (Wildman–Crippen MR) is 145 cm³/mol. The van der Waals surface area contributed by atoms with Gasteiger partial charge in [0, 0.05) is 10.0 Å². The molecule has 0 spiro atoms. The molecule has 1 heterocycles. The van der Waals surface area contributed by atoms with E-state index in [4.69, 9.17) is 9.47 Å². The smallest absolute Gasteiger partial charge is 0.344 e. The van der Waals surface area contributed by atoms with Crippen LogP contribution < -0.4 is 4.74 Å². The Bertz CT molecular complexity index is 1330. The van der Waals surface area contributed by atoms with E-state index in [1.165, 1.54) is 17.3 Å². The number of carbonyl (C=O) groups excluding carboxylic acids is 1. The van der Waals surface area contributed by atoms with Crippen LogP contribution in [-0.4, -0.2) is 22.7 Å². The molecular formula is C28H24BrNO4S. The van der Waals surface area contributed by atoms with Crippen molar-refractivity contribution in [2.75, 3.05) is 6.61 Å². The SMILES string of the molecule is CCOC(=O)C1=C(O)/C(=C/c2cc(Br)ccc2OCc2cccc(C)c2)SC1=Nc1ccccc1. The van der Waals surface area contributed by atoms with E-state index in [9.17, 15) is 9.90 Å². The summed E-state index contributed by atoms with van der Waals surface area (Å²) in [6.07, 6.45) is 1.79. The fraction of sp³-hybridized carbons (Fsp3) is 0.143. The summed E-state index contributed by atoms with van der Waals surface area (Å²) in [4.78, 5) is 17.7. The van der Waals surface area contributed by atoms with Crippen LogP contribution in [0.3, 0.4) is 0 Å². The van der Waals surface area contributed by atoms with Crippen LogP contribution in [0.15, 0.2) is 98.5 Å². The second kappa shape index (κ2) is 11.4. The first-order valence-corrected chi connectivity index (χ1v) is 12.7. The molecule has 0 amide bonds. The van der Waals surface area contributed by atoms with Crippen molar-refractivity contribution in [1.29, 1.82) is 0 Å². The van der Waals surface area contributed by atoms with Gasteiger partial charge in [0.25, 0.3) is 0 Å². The molecule has 5 nitrogen and oxygen atoms in total. The Morgan fingerprint density at radius 1 is 1.09 bits per heavy atom. The first-order chi connectivity index (χ1) is 16.9. The summed E-state index contributed by atoms with van der Waals surface area (Å²) in [5, 5.41) is 11.4. The Labute approximate surface area is 217 Å². The number of hydrogen-bond acceptors (Lipinski definition) is 6. The summed E-state index contributed by atoms with van der Waals surface area (Å²) in [5.74, 6) is -0.116. The number of aliphatic hydroxyl groups excluding tert-OH is 1. The molecule has 0 aliphatic carbocycles. The minimum absolute atomic E-state index is 0.0594. The highest BCUT2D eigenvalue weighted by Gasteiger charge is 2.33. The molecule has 1 N–H and O–H groups in total. The molecule has 0 radical (unpaired) electrons. The molecule has 0 aromatic heterocycles. The van der Waals surface area contributed by atoms with E-state index in [0.29, 0.717) is 28.0 Å². The van der Waals surface area contributed by atoms with E-state index >= 15 is 0 Å². The monoisotopic (exact) mass is 549 g/mol. The average Bonchev–Trinajstić information content (AvgIpc) is 3.14. The Hall–Kier alpha value is -3.29. The average molecular weight is 550 g/mol. The Morgan fingerprint density at radius 3 is 2.63 bits per heavy atom. The van der Waals surface area contributed by atoms with Crippen LogP contribution in [0.2, 0.25) is 0 Å². The largest absolute Gasteiger partial charge is 0.506 e. The van der Waals surface area contributed by atoms with Crippen molar-refractivity contribution in [2.45, 2.75) is 20.5 Å². The quantitative estimate of drug-likeness (QED) is 0.308.